The highest BCUT2D eigenvalue weighted by Gasteiger charge is 2.23. The molecule has 16 heavy (non-hydrogen) atoms. The molecule has 0 atom stereocenters. The fourth-order valence-electron chi connectivity index (χ4n) is 2.52. The third-order valence-electron chi connectivity index (χ3n) is 3.34. The molecule has 1 saturated heterocycles. The van der Waals surface area contributed by atoms with Gasteiger partial charge in [0.25, 0.3) is 0 Å². The highest BCUT2D eigenvalue weighted by molar-refractivity contribution is 5.42. The van der Waals surface area contributed by atoms with E-state index in [4.69, 9.17) is 0 Å². The summed E-state index contributed by atoms with van der Waals surface area (Å²) >= 11 is 0. The molecule has 3 heterocycles. The van der Waals surface area contributed by atoms with Crippen LogP contribution in [0.1, 0.15) is 18.3 Å². The summed E-state index contributed by atoms with van der Waals surface area (Å²) in [6, 6.07) is 6.17. The molecule has 0 spiro atoms. The van der Waals surface area contributed by atoms with Crippen LogP contribution in [0.15, 0.2) is 24.4 Å². The lowest BCUT2D eigenvalue weighted by atomic mass is 10.0. The van der Waals surface area contributed by atoms with Gasteiger partial charge in [0.1, 0.15) is 5.65 Å². The molecular formula is C13H17N3. The van der Waals surface area contributed by atoms with Gasteiger partial charge in [-0.3, -0.25) is 4.90 Å². The van der Waals surface area contributed by atoms with Gasteiger partial charge in [-0.15, -0.1) is 0 Å². The summed E-state index contributed by atoms with van der Waals surface area (Å²) in [6.07, 6.45) is 2.11. The van der Waals surface area contributed by atoms with Crippen molar-refractivity contribution in [3.8, 4) is 0 Å². The van der Waals surface area contributed by atoms with Gasteiger partial charge in [-0.05, 0) is 25.0 Å². The Hall–Kier alpha value is -1.35. The highest BCUT2D eigenvalue weighted by atomic mass is 15.2. The van der Waals surface area contributed by atoms with Gasteiger partial charge < -0.3 is 4.40 Å². The number of rotatable bonds is 2. The lowest BCUT2D eigenvalue weighted by Gasteiger charge is -2.37. The summed E-state index contributed by atoms with van der Waals surface area (Å²) in [4.78, 5) is 7.06. The van der Waals surface area contributed by atoms with Crippen molar-refractivity contribution >= 4 is 5.65 Å². The largest absolute Gasteiger partial charge is 0.302 e. The zero-order valence-electron chi connectivity index (χ0n) is 9.85. The van der Waals surface area contributed by atoms with Crippen LogP contribution in [0.5, 0.6) is 0 Å². The number of hydrogen-bond acceptors (Lipinski definition) is 2. The third kappa shape index (κ3) is 1.52. The summed E-state index contributed by atoms with van der Waals surface area (Å²) in [5.41, 5.74) is 3.55. The Morgan fingerprint density at radius 1 is 1.38 bits per heavy atom. The zero-order chi connectivity index (χ0) is 11.1. The van der Waals surface area contributed by atoms with Crippen molar-refractivity contribution < 1.29 is 0 Å². The van der Waals surface area contributed by atoms with Gasteiger partial charge in [-0.1, -0.05) is 13.0 Å². The van der Waals surface area contributed by atoms with Crippen LogP contribution >= 0.6 is 0 Å². The molecule has 0 aliphatic carbocycles. The quantitative estimate of drug-likeness (QED) is 0.764. The van der Waals surface area contributed by atoms with Crippen molar-refractivity contribution in [1.29, 1.82) is 0 Å². The first-order valence-corrected chi connectivity index (χ1v) is 5.89. The topological polar surface area (TPSA) is 20.5 Å². The first-order valence-electron chi connectivity index (χ1n) is 5.89. The smallest absolute Gasteiger partial charge is 0.137 e. The van der Waals surface area contributed by atoms with Crippen LogP contribution in [-0.2, 0) is 6.54 Å². The van der Waals surface area contributed by atoms with Crippen molar-refractivity contribution in [2.75, 3.05) is 13.1 Å². The number of aryl methyl sites for hydroxylation is 1. The molecule has 3 rings (SSSR count). The van der Waals surface area contributed by atoms with Crippen LogP contribution < -0.4 is 0 Å². The van der Waals surface area contributed by atoms with Gasteiger partial charge in [0.2, 0.25) is 0 Å². The van der Waals surface area contributed by atoms with Gasteiger partial charge >= 0.3 is 0 Å². The van der Waals surface area contributed by atoms with Crippen molar-refractivity contribution in [1.82, 2.24) is 14.3 Å². The van der Waals surface area contributed by atoms with E-state index in [-0.39, 0.29) is 0 Å². The molecule has 0 unspecified atom stereocenters. The highest BCUT2D eigenvalue weighted by Crippen LogP contribution is 2.20. The fraction of sp³-hybridized carbons (Fsp3) is 0.462. The second kappa shape index (κ2) is 3.59. The molecule has 1 aliphatic heterocycles. The predicted molar refractivity (Wildman–Crippen MR) is 64.4 cm³/mol. The molecule has 2 aromatic rings. The summed E-state index contributed by atoms with van der Waals surface area (Å²) in [6.45, 7) is 7.88. The van der Waals surface area contributed by atoms with Crippen molar-refractivity contribution in [3.63, 3.8) is 0 Å². The van der Waals surface area contributed by atoms with E-state index >= 15 is 0 Å². The average Bonchev–Trinajstić information content (AvgIpc) is 2.53. The molecule has 0 aromatic carbocycles. The Morgan fingerprint density at radius 2 is 2.19 bits per heavy atom. The number of nitrogens with zero attached hydrogens (tertiary/aromatic N) is 3. The second-order valence-electron chi connectivity index (χ2n) is 4.87. The van der Waals surface area contributed by atoms with Crippen LogP contribution in [0, 0.1) is 12.8 Å². The third-order valence-corrected chi connectivity index (χ3v) is 3.34. The zero-order valence-corrected chi connectivity index (χ0v) is 9.85. The summed E-state index contributed by atoms with van der Waals surface area (Å²) in [5, 5.41) is 0. The molecule has 0 amide bonds. The Labute approximate surface area is 95.7 Å². The number of imidazole rings is 1. The van der Waals surface area contributed by atoms with E-state index in [2.05, 4.69) is 46.5 Å². The maximum absolute atomic E-state index is 4.58. The molecule has 3 heteroatoms. The monoisotopic (exact) mass is 215 g/mol. The van der Waals surface area contributed by atoms with E-state index in [0.717, 1.165) is 23.8 Å². The van der Waals surface area contributed by atoms with E-state index in [1.807, 2.05) is 6.07 Å². The minimum atomic E-state index is 0.861. The van der Waals surface area contributed by atoms with E-state index in [9.17, 15) is 0 Å². The Morgan fingerprint density at radius 3 is 2.94 bits per heavy atom. The molecule has 0 saturated carbocycles. The first kappa shape index (κ1) is 9.85. The van der Waals surface area contributed by atoms with E-state index in [0.29, 0.717) is 0 Å². The van der Waals surface area contributed by atoms with Crippen LogP contribution in [0.4, 0.5) is 0 Å². The lowest BCUT2D eigenvalue weighted by Crippen LogP contribution is -2.44. The Kier molecular flexibility index (Phi) is 2.21. The number of likely N-dealkylation sites (tertiary alicyclic amines) is 1. The van der Waals surface area contributed by atoms with Crippen LogP contribution in [0.3, 0.4) is 0 Å². The number of fused-ring (bicyclic) bond motifs is 1. The number of aromatic nitrogens is 2. The molecule has 0 N–H and O–H groups in total. The average molecular weight is 215 g/mol. The molecule has 0 bridgehead atoms. The maximum atomic E-state index is 4.58. The SMILES string of the molecule is Cc1nc2ccccn2c1CN1CC(C)C1. The number of pyridine rings is 1. The van der Waals surface area contributed by atoms with Gasteiger partial charge in [0.15, 0.2) is 0 Å². The van der Waals surface area contributed by atoms with Gasteiger partial charge in [0.05, 0.1) is 11.4 Å². The fourth-order valence-corrected chi connectivity index (χ4v) is 2.52. The standard InChI is InChI=1S/C13H17N3/c1-10-7-15(8-10)9-12-11(2)14-13-5-3-4-6-16(12)13/h3-6,10H,7-9H2,1-2H3. The normalized spacial score (nSPS) is 17.9. The second-order valence-corrected chi connectivity index (χ2v) is 4.87. The van der Waals surface area contributed by atoms with Gasteiger partial charge in [-0.25, -0.2) is 4.98 Å². The molecule has 0 radical (unpaired) electrons. The van der Waals surface area contributed by atoms with E-state index in [1.165, 1.54) is 18.8 Å². The van der Waals surface area contributed by atoms with Crippen LogP contribution in [0.2, 0.25) is 0 Å². The Balaban J connectivity index is 1.93. The van der Waals surface area contributed by atoms with E-state index in [1.54, 1.807) is 0 Å². The van der Waals surface area contributed by atoms with Crippen molar-refractivity contribution in [2.24, 2.45) is 5.92 Å². The first-order chi connectivity index (χ1) is 7.74. The molecule has 2 aromatic heterocycles. The lowest BCUT2D eigenvalue weighted by molar-refractivity contribution is 0.103. The summed E-state index contributed by atoms with van der Waals surface area (Å²) in [5.74, 6) is 0.861. The number of hydrogen-bond donors (Lipinski definition) is 0. The van der Waals surface area contributed by atoms with E-state index < -0.39 is 0 Å². The minimum absolute atomic E-state index is 0.861. The molecule has 1 aliphatic rings. The van der Waals surface area contributed by atoms with Crippen molar-refractivity contribution in [3.05, 3.63) is 35.8 Å². The molecule has 1 fully saturated rings. The maximum Gasteiger partial charge on any atom is 0.137 e. The summed E-state index contributed by atoms with van der Waals surface area (Å²) < 4.78 is 2.21. The van der Waals surface area contributed by atoms with Crippen molar-refractivity contribution in [2.45, 2.75) is 20.4 Å². The van der Waals surface area contributed by atoms with Gasteiger partial charge in [-0.2, -0.15) is 0 Å². The van der Waals surface area contributed by atoms with Crippen LogP contribution in [-0.4, -0.2) is 27.4 Å². The summed E-state index contributed by atoms with van der Waals surface area (Å²) in [7, 11) is 0. The van der Waals surface area contributed by atoms with Crippen LogP contribution in [0.25, 0.3) is 5.65 Å². The Bertz CT molecular complexity index is 509. The van der Waals surface area contributed by atoms with Gasteiger partial charge in [0, 0.05) is 25.8 Å². The molecule has 84 valence electrons. The predicted octanol–water partition coefficient (Wildman–Crippen LogP) is 2.09. The molecular weight excluding hydrogens is 198 g/mol. The minimum Gasteiger partial charge on any atom is -0.302 e. The molecule has 3 nitrogen and oxygen atoms in total.